The van der Waals surface area contributed by atoms with Crippen LogP contribution in [0.2, 0.25) is 0 Å². The highest BCUT2D eigenvalue weighted by Gasteiger charge is 2.36. The number of hydrogen-bond acceptors (Lipinski definition) is 2. The smallest absolute Gasteiger partial charge is 0.342 e. The van der Waals surface area contributed by atoms with Crippen LogP contribution < -0.4 is 5.69 Å². The highest BCUT2D eigenvalue weighted by Crippen LogP contribution is 2.36. The molecule has 0 saturated carbocycles. The van der Waals surface area contributed by atoms with E-state index in [0.29, 0.717) is 25.9 Å². The van der Waals surface area contributed by atoms with Gasteiger partial charge in [0.05, 0.1) is 23.0 Å². The molecule has 1 aromatic heterocycles. The number of piperidine rings is 1. The number of carbonyl (C=O) groups is 1. The van der Waals surface area contributed by atoms with Crippen molar-refractivity contribution in [3.8, 4) is 0 Å². The van der Waals surface area contributed by atoms with Gasteiger partial charge in [-0.3, -0.25) is 9.36 Å². The summed E-state index contributed by atoms with van der Waals surface area (Å²) in [6, 6.07) is 11.4. The molecule has 1 saturated heterocycles. The van der Waals surface area contributed by atoms with E-state index in [2.05, 4.69) is 25.8 Å². The normalized spacial score (nSPS) is 15.9. The van der Waals surface area contributed by atoms with Crippen LogP contribution in [0.15, 0.2) is 47.3 Å². The van der Waals surface area contributed by atoms with Crippen LogP contribution in [0.1, 0.15) is 56.3 Å². The predicted octanol–water partition coefficient (Wildman–Crippen LogP) is 5.05. The molecule has 0 radical (unpaired) electrons. The molecule has 1 aliphatic heterocycles. The van der Waals surface area contributed by atoms with E-state index < -0.39 is 23.5 Å². The van der Waals surface area contributed by atoms with Crippen LogP contribution in [0, 0.1) is 0 Å². The van der Waals surface area contributed by atoms with Crippen molar-refractivity contribution in [1.82, 2.24) is 14.5 Å². The second kappa shape index (κ2) is 8.39. The van der Waals surface area contributed by atoms with Crippen molar-refractivity contribution < 1.29 is 18.0 Å². The lowest BCUT2D eigenvalue weighted by molar-refractivity contribution is -0.136. The molecule has 1 fully saturated rings. The minimum atomic E-state index is -4.56. The van der Waals surface area contributed by atoms with Gasteiger partial charge in [-0.05, 0) is 41.5 Å². The van der Waals surface area contributed by atoms with Gasteiger partial charge in [0, 0.05) is 19.1 Å². The Hall–Kier alpha value is -3.03. The Morgan fingerprint density at radius 3 is 2.24 bits per heavy atom. The number of hydrogen-bond donors (Lipinski definition) is 1. The number of benzene rings is 2. The maximum Gasteiger partial charge on any atom is 0.418 e. The van der Waals surface area contributed by atoms with Gasteiger partial charge in [0.25, 0.3) is 0 Å². The summed E-state index contributed by atoms with van der Waals surface area (Å²) >= 11 is 0. The quantitative estimate of drug-likeness (QED) is 0.596. The number of rotatable bonds is 3. The fourth-order valence-electron chi connectivity index (χ4n) is 4.54. The van der Waals surface area contributed by atoms with Crippen molar-refractivity contribution in [2.75, 3.05) is 13.1 Å². The first-order valence-corrected chi connectivity index (χ1v) is 11.1. The summed E-state index contributed by atoms with van der Waals surface area (Å²) in [6.07, 6.45) is -3.43. The highest BCUT2D eigenvalue weighted by atomic mass is 19.4. The van der Waals surface area contributed by atoms with Gasteiger partial charge in [0.15, 0.2) is 0 Å². The minimum Gasteiger partial charge on any atom is -0.342 e. The van der Waals surface area contributed by atoms with Crippen molar-refractivity contribution in [3.63, 3.8) is 0 Å². The van der Waals surface area contributed by atoms with Gasteiger partial charge in [0.1, 0.15) is 0 Å². The number of para-hydroxylation sites is 1. The maximum absolute atomic E-state index is 13.6. The first kappa shape index (κ1) is 23.1. The average Bonchev–Trinajstić information content (AvgIpc) is 3.08. The molecule has 0 unspecified atom stereocenters. The van der Waals surface area contributed by atoms with E-state index in [9.17, 15) is 22.8 Å². The first-order chi connectivity index (χ1) is 15.4. The van der Waals surface area contributed by atoms with Crippen molar-refractivity contribution in [3.05, 3.63) is 69.6 Å². The van der Waals surface area contributed by atoms with Crippen molar-refractivity contribution >= 4 is 16.9 Å². The topological polar surface area (TPSA) is 58.1 Å². The van der Waals surface area contributed by atoms with Crippen molar-refractivity contribution in [2.45, 2.75) is 57.7 Å². The number of aromatic nitrogens is 2. The zero-order chi connectivity index (χ0) is 24.0. The van der Waals surface area contributed by atoms with Crippen LogP contribution in [0.25, 0.3) is 11.0 Å². The van der Waals surface area contributed by atoms with E-state index in [1.165, 1.54) is 22.3 Å². The van der Waals surface area contributed by atoms with E-state index in [0.717, 1.165) is 11.6 Å². The monoisotopic (exact) mass is 459 g/mol. The van der Waals surface area contributed by atoms with Gasteiger partial charge < -0.3 is 9.88 Å². The molecular weight excluding hydrogens is 431 g/mol. The number of amides is 1. The standard InChI is InChI=1S/C25H28F3N3O2/c1-24(2,3)17-9-7-16(8-10-17)15-21(32)30-13-11-18(12-14-30)31-22-19(25(26,27)28)5-4-6-20(22)29-23(31)33/h4-10,18H,11-15H2,1-3H3,(H,29,33). The fraction of sp³-hybridized carbons (Fsp3) is 0.440. The maximum atomic E-state index is 13.6. The molecule has 3 aromatic rings. The van der Waals surface area contributed by atoms with Gasteiger partial charge in [0.2, 0.25) is 5.91 Å². The molecule has 0 bridgehead atoms. The predicted molar refractivity (Wildman–Crippen MR) is 121 cm³/mol. The van der Waals surface area contributed by atoms with E-state index in [1.807, 2.05) is 24.3 Å². The molecular formula is C25H28F3N3O2. The molecule has 1 aliphatic rings. The lowest BCUT2D eigenvalue weighted by atomic mass is 9.86. The summed E-state index contributed by atoms with van der Waals surface area (Å²) in [5, 5.41) is 0. The molecule has 5 nitrogen and oxygen atoms in total. The number of nitrogens with one attached hydrogen (secondary N) is 1. The second-order valence-electron chi connectivity index (χ2n) is 9.74. The highest BCUT2D eigenvalue weighted by molar-refractivity contribution is 5.80. The third kappa shape index (κ3) is 4.70. The SMILES string of the molecule is CC(C)(C)c1ccc(CC(=O)N2CCC(n3c(=O)[nH]c4cccc(C(F)(F)F)c43)CC2)cc1. The van der Waals surface area contributed by atoms with Gasteiger partial charge in [-0.2, -0.15) is 13.2 Å². The molecule has 4 rings (SSSR count). The number of carbonyl (C=O) groups excluding carboxylic acids is 1. The Morgan fingerprint density at radius 2 is 1.67 bits per heavy atom. The Labute approximate surface area is 190 Å². The first-order valence-electron chi connectivity index (χ1n) is 11.1. The van der Waals surface area contributed by atoms with E-state index in [1.54, 1.807) is 4.90 Å². The van der Waals surface area contributed by atoms with Crippen LogP contribution in [0.5, 0.6) is 0 Å². The van der Waals surface area contributed by atoms with Crippen molar-refractivity contribution in [1.29, 1.82) is 0 Å². The van der Waals surface area contributed by atoms with Gasteiger partial charge in [-0.1, -0.05) is 51.1 Å². The van der Waals surface area contributed by atoms with Gasteiger partial charge in [-0.15, -0.1) is 0 Å². The lowest BCUT2D eigenvalue weighted by Gasteiger charge is -2.33. The van der Waals surface area contributed by atoms with Crippen LogP contribution >= 0.6 is 0 Å². The molecule has 0 atom stereocenters. The van der Waals surface area contributed by atoms with Gasteiger partial charge >= 0.3 is 11.9 Å². The number of halogens is 3. The Kier molecular flexibility index (Phi) is 5.88. The fourth-order valence-corrected chi connectivity index (χ4v) is 4.54. The third-order valence-electron chi connectivity index (χ3n) is 6.40. The van der Waals surface area contributed by atoms with E-state index >= 15 is 0 Å². The van der Waals surface area contributed by atoms with Gasteiger partial charge in [-0.25, -0.2) is 4.79 Å². The second-order valence-corrected chi connectivity index (χ2v) is 9.74. The number of likely N-dealkylation sites (tertiary alicyclic amines) is 1. The molecule has 2 heterocycles. The van der Waals surface area contributed by atoms with E-state index in [4.69, 9.17) is 0 Å². The summed E-state index contributed by atoms with van der Waals surface area (Å²) in [5.41, 5.74) is 0.850. The molecule has 1 N–H and O–H groups in total. The summed E-state index contributed by atoms with van der Waals surface area (Å²) in [4.78, 5) is 29.6. The number of imidazole rings is 1. The van der Waals surface area contributed by atoms with Crippen LogP contribution in [-0.4, -0.2) is 33.4 Å². The molecule has 1 amide bonds. The third-order valence-corrected chi connectivity index (χ3v) is 6.40. The Morgan fingerprint density at radius 1 is 1.03 bits per heavy atom. The molecule has 33 heavy (non-hydrogen) atoms. The molecule has 176 valence electrons. The largest absolute Gasteiger partial charge is 0.418 e. The van der Waals surface area contributed by atoms with Crippen LogP contribution in [-0.2, 0) is 22.8 Å². The number of nitrogens with zero attached hydrogens (tertiary/aromatic N) is 2. The number of aromatic amines is 1. The molecule has 0 aliphatic carbocycles. The summed E-state index contributed by atoms with van der Waals surface area (Å²) in [6.45, 7) is 7.20. The summed E-state index contributed by atoms with van der Waals surface area (Å²) in [5.74, 6) is -0.0146. The molecule has 2 aromatic carbocycles. The Bertz CT molecular complexity index is 1210. The number of fused-ring (bicyclic) bond motifs is 1. The summed E-state index contributed by atoms with van der Waals surface area (Å²) < 4.78 is 41.9. The number of H-pyrrole nitrogens is 1. The zero-order valence-electron chi connectivity index (χ0n) is 19.0. The summed E-state index contributed by atoms with van der Waals surface area (Å²) in [7, 11) is 0. The minimum absolute atomic E-state index is 0.0146. The number of alkyl halides is 3. The van der Waals surface area contributed by atoms with Crippen molar-refractivity contribution in [2.24, 2.45) is 0 Å². The average molecular weight is 460 g/mol. The van der Waals surface area contributed by atoms with E-state index in [-0.39, 0.29) is 28.8 Å². The van der Waals surface area contributed by atoms with Crippen LogP contribution in [0.4, 0.5) is 13.2 Å². The lowest BCUT2D eigenvalue weighted by Crippen LogP contribution is -2.41. The molecule has 0 spiro atoms. The molecule has 8 heteroatoms. The van der Waals surface area contributed by atoms with Crippen LogP contribution in [0.3, 0.4) is 0 Å². The zero-order valence-corrected chi connectivity index (χ0v) is 19.0. The Balaban J connectivity index is 1.47.